The van der Waals surface area contributed by atoms with Crippen LogP contribution in [0.4, 0.5) is 0 Å². The Morgan fingerprint density at radius 1 is 1.00 bits per heavy atom. The van der Waals surface area contributed by atoms with Gasteiger partial charge in [0.25, 0.3) is 0 Å². The summed E-state index contributed by atoms with van der Waals surface area (Å²) in [6.45, 7) is 1.93. The first kappa shape index (κ1) is 17.7. The zero-order chi connectivity index (χ0) is 17.5. The van der Waals surface area contributed by atoms with E-state index in [2.05, 4.69) is 5.32 Å². The second-order valence-electron chi connectivity index (χ2n) is 5.39. The molecule has 0 aromatic heterocycles. The van der Waals surface area contributed by atoms with Crippen LogP contribution < -0.4 is 19.5 Å². The van der Waals surface area contributed by atoms with E-state index in [0.717, 1.165) is 16.9 Å². The SMILES string of the molecule is COc1ccc(OC)c(CC(=O)N[C@@H](C)c2ccccc2OC)c1. The van der Waals surface area contributed by atoms with Crippen molar-refractivity contribution in [3.8, 4) is 17.2 Å². The van der Waals surface area contributed by atoms with Crippen LogP contribution >= 0.6 is 0 Å². The van der Waals surface area contributed by atoms with Gasteiger partial charge in [-0.15, -0.1) is 0 Å². The summed E-state index contributed by atoms with van der Waals surface area (Å²) in [5, 5.41) is 2.99. The largest absolute Gasteiger partial charge is 0.497 e. The predicted octanol–water partition coefficient (Wildman–Crippen LogP) is 3.13. The summed E-state index contributed by atoms with van der Waals surface area (Å²) < 4.78 is 15.9. The minimum Gasteiger partial charge on any atom is -0.497 e. The fourth-order valence-corrected chi connectivity index (χ4v) is 2.59. The van der Waals surface area contributed by atoms with Crippen molar-refractivity contribution < 1.29 is 19.0 Å². The highest BCUT2D eigenvalue weighted by atomic mass is 16.5. The minimum absolute atomic E-state index is 0.0973. The molecule has 1 N–H and O–H groups in total. The van der Waals surface area contributed by atoms with Gasteiger partial charge < -0.3 is 19.5 Å². The van der Waals surface area contributed by atoms with Crippen LogP contribution in [0.1, 0.15) is 24.1 Å². The van der Waals surface area contributed by atoms with Gasteiger partial charge in [0.2, 0.25) is 5.91 Å². The number of nitrogens with one attached hydrogen (secondary N) is 1. The second-order valence-corrected chi connectivity index (χ2v) is 5.39. The molecule has 0 unspecified atom stereocenters. The van der Waals surface area contributed by atoms with E-state index in [9.17, 15) is 4.79 Å². The van der Waals surface area contributed by atoms with E-state index in [1.165, 1.54) is 0 Å². The van der Waals surface area contributed by atoms with Crippen LogP contribution in [0.15, 0.2) is 42.5 Å². The van der Waals surface area contributed by atoms with Crippen LogP contribution in [-0.2, 0) is 11.2 Å². The highest BCUT2D eigenvalue weighted by Gasteiger charge is 2.15. The average Bonchev–Trinajstić information content (AvgIpc) is 2.61. The molecule has 2 rings (SSSR count). The molecule has 0 bridgehead atoms. The van der Waals surface area contributed by atoms with Crippen molar-refractivity contribution in [2.24, 2.45) is 0 Å². The van der Waals surface area contributed by atoms with Crippen LogP contribution in [0, 0.1) is 0 Å². The molecule has 1 amide bonds. The number of para-hydroxylation sites is 1. The van der Waals surface area contributed by atoms with Gasteiger partial charge in [0, 0.05) is 11.1 Å². The maximum atomic E-state index is 12.4. The van der Waals surface area contributed by atoms with E-state index in [4.69, 9.17) is 14.2 Å². The molecule has 24 heavy (non-hydrogen) atoms. The van der Waals surface area contributed by atoms with E-state index >= 15 is 0 Å². The molecule has 2 aromatic carbocycles. The maximum Gasteiger partial charge on any atom is 0.225 e. The van der Waals surface area contributed by atoms with Crippen molar-refractivity contribution in [3.63, 3.8) is 0 Å². The number of hydrogen-bond donors (Lipinski definition) is 1. The lowest BCUT2D eigenvalue weighted by Crippen LogP contribution is -2.28. The molecule has 5 nitrogen and oxygen atoms in total. The Balaban J connectivity index is 2.10. The van der Waals surface area contributed by atoms with Crippen LogP contribution in [0.25, 0.3) is 0 Å². The van der Waals surface area contributed by atoms with Gasteiger partial charge in [-0.3, -0.25) is 4.79 Å². The third-order valence-electron chi connectivity index (χ3n) is 3.82. The monoisotopic (exact) mass is 329 g/mol. The fourth-order valence-electron chi connectivity index (χ4n) is 2.59. The second kappa shape index (κ2) is 8.24. The zero-order valence-corrected chi connectivity index (χ0v) is 14.5. The van der Waals surface area contributed by atoms with Gasteiger partial charge in [0.05, 0.1) is 33.8 Å². The van der Waals surface area contributed by atoms with Gasteiger partial charge in [-0.1, -0.05) is 18.2 Å². The van der Waals surface area contributed by atoms with E-state index in [0.29, 0.717) is 11.5 Å². The molecule has 0 heterocycles. The summed E-state index contributed by atoms with van der Waals surface area (Å²) in [5.74, 6) is 2.01. The Hall–Kier alpha value is -2.69. The summed E-state index contributed by atoms with van der Waals surface area (Å²) in [6.07, 6.45) is 0.208. The summed E-state index contributed by atoms with van der Waals surface area (Å²) in [5.41, 5.74) is 1.72. The van der Waals surface area contributed by atoms with Crippen molar-refractivity contribution >= 4 is 5.91 Å². The third-order valence-corrected chi connectivity index (χ3v) is 3.82. The number of carbonyl (C=O) groups excluding carboxylic acids is 1. The van der Waals surface area contributed by atoms with Crippen molar-refractivity contribution in [3.05, 3.63) is 53.6 Å². The summed E-state index contributed by atoms with van der Waals surface area (Å²) in [6, 6.07) is 12.9. The summed E-state index contributed by atoms with van der Waals surface area (Å²) in [4.78, 5) is 12.4. The van der Waals surface area contributed by atoms with Crippen LogP contribution in [0.3, 0.4) is 0 Å². The van der Waals surface area contributed by atoms with Crippen LogP contribution in [0.5, 0.6) is 17.2 Å². The van der Waals surface area contributed by atoms with E-state index < -0.39 is 0 Å². The number of methoxy groups -OCH3 is 3. The maximum absolute atomic E-state index is 12.4. The third kappa shape index (κ3) is 4.19. The molecule has 0 saturated carbocycles. The Kier molecular flexibility index (Phi) is 6.07. The molecular weight excluding hydrogens is 306 g/mol. The van der Waals surface area contributed by atoms with E-state index in [1.54, 1.807) is 33.5 Å². The van der Waals surface area contributed by atoms with Gasteiger partial charge in [-0.2, -0.15) is 0 Å². The number of hydrogen-bond acceptors (Lipinski definition) is 4. The van der Waals surface area contributed by atoms with Crippen molar-refractivity contribution in [2.45, 2.75) is 19.4 Å². The quantitative estimate of drug-likeness (QED) is 0.848. The number of ether oxygens (including phenoxy) is 3. The number of rotatable bonds is 7. The van der Waals surface area contributed by atoms with Crippen molar-refractivity contribution in [1.29, 1.82) is 0 Å². The molecule has 0 saturated heterocycles. The first-order valence-corrected chi connectivity index (χ1v) is 7.72. The lowest BCUT2D eigenvalue weighted by Gasteiger charge is -2.18. The van der Waals surface area contributed by atoms with Gasteiger partial charge >= 0.3 is 0 Å². The minimum atomic E-state index is -0.162. The van der Waals surface area contributed by atoms with E-state index in [1.807, 2.05) is 37.3 Å². The van der Waals surface area contributed by atoms with E-state index in [-0.39, 0.29) is 18.4 Å². The van der Waals surface area contributed by atoms with Gasteiger partial charge in [-0.05, 0) is 31.2 Å². The molecule has 0 aliphatic carbocycles. The number of amides is 1. The smallest absolute Gasteiger partial charge is 0.225 e. The molecule has 0 radical (unpaired) electrons. The summed E-state index contributed by atoms with van der Waals surface area (Å²) in [7, 11) is 4.80. The van der Waals surface area contributed by atoms with Crippen molar-refractivity contribution in [1.82, 2.24) is 5.32 Å². The molecular formula is C19H23NO4. The fraction of sp³-hybridized carbons (Fsp3) is 0.316. The molecule has 0 fully saturated rings. The lowest BCUT2D eigenvalue weighted by molar-refractivity contribution is -0.121. The number of carbonyl (C=O) groups is 1. The Morgan fingerprint density at radius 3 is 2.38 bits per heavy atom. The van der Waals surface area contributed by atoms with Crippen LogP contribution in [-0.4, -0.2) is 27.2 Å². The number of benzene rings is 2. The average molecular weight is 329 g/mol. The Labute approximate surface area is 142 Å². The zero-order valence-electron chi connectivity index (χ0n) is 14.5. The first-order valence-electron chi connectivity index (χ1n) is 7.72. The first-order chi connectivity index (χ1) is 11.6. The lowest BCUT2D eigenvalue weighted by atomic mass is 10.1. The Morgan fingerprint density at radius 2 is 1.71 bits per heavy atom. The highest BCUT2D eigenvalue weighted by Crippen LogP contribution is 2.26. The normalized spacial score (nSPS) is 11.5. The molecule has 5 heteroatoms. The van der Waals surface area contributed by atoms with Gasteiger partial charge in [-0.25, -0.2) is 0 Å². The predicted molar refractivity (Wildman–Crippen MR) is 92.8 cm³/mol. The molecule has 0 aliphatic heterocycles. The highest BCUT2D eigenvalue weighted by molar-refractivity contribution is 5.80. The topological polar surface area (TPSA) is 56.8 Å². The molecule has 0 spiro atoms. The standard InChI is InChI=1S/C19H23NO4/c1-13(16-7-5-6-8-18(16)24-4)20-19(21)12-14-11-15(22-2)9-10-17(14)23-3/h5-11,13H,12H2,1-4H3,(H,20,21)/t13-/m0/s1. The molecule has 1 atom stereocenters. The molecule has 128 valence electrons. The van der Waals surface area contributed by atoms with Gasteiger partial charge in [0.15, 0.2) is 0 Å². The van der Waals surface area contributed by atoms with Crippen LogP contribution in [0.2, 0.25) is 0 Å². The Bertz CT molecular complexity index is 700. The molecule has 0 aliphatic rings. The van der Waals surface area contributed by atoms with Crippen molar-refractivity contribution in [2.75, 3.05) is 21.3 Å². The summed E-state index contributed by atoms with van der Waals surface area (Å²) >= 11 is 0. The molecule has 2 aromatic rings. The van der Waals surface area contributed by atoms with Gasteiger partial charge in [0.1, 0.15) is 17.2 Å².